The number of methoxy groups -OCH3 is 1. The lowest BCUT2D eigenvalue weighted by atomic mass is 10.3. The molecule has 1 aromatic rings. The molecule has 0 aromatic carbocycles. The van der Waals surface area contributed by atoms with E-state index in [2.05, 4.69) is 4.98 Å². The van der Waals surface area contributed by atoms with Crippen molar-refractivity contribution in [3.8, 4) is 5.88 Å². The highest BCUT2D eigenvalue weighted by Gasteiger charge is 1.91. The molecule has 1 heterocycles. The van der Waals surface area contributed by atoms with Gasteiger partial charge < -0.3 is 10.1 Å². The van der Waals surface area contributed by atoms with Gasteiger partial charge in [-0.25, -0.2) is 4.98 Å². The Morgan fingerprint density at radius 3 is 3.10 bits per heavy atom. The molecular formula is C7H8N2O. The van der Waals surface area contributed by atoms with Crippen LogP contribution in [0.4, 0.5) is 0 Å². The van der Waals surface area contributed by atoms with Gasteiger partial charge >= 0.3 is 0 Å². The van der Waals surface area contributed by atoms with E-state index in [1.165, 1.54) is 6.21 Å². The predicted molar refractivity (Wildman–Crippen MR) is 38.7 cm³/mol. The Hall–Kier alpha value is -1.38. The van der Waals surface area contributed by atoms with Crippen LogP contribution in [0.15, 0.2) is 18.3 Å². The molecular weight excluding hydrogens is 128 g/mol. The van der Waals surface area contributed by atoms with Gasteiger partial charge in [-0.3, -0.25) is 0 Å². The number of nitrogens with zero attached hydrogens (tertiary/aromatic N) is 1. The third-order valence-corrected chi connectivity index (χ3v) is 1.13. The number of hydrogen-bond donors (Lipinski definition) is 1. The summed E-state index contributed by atoms with van der Waals surface area (Å²) in [6.07, 6.45) is 2.86. The molecule has 0 saturated carbocycles. The molecule has 0 aliphatic carbocycles. The van der Waals surface area contributed by atoms with Crippen molar-refractivity contribution in [2.45, 2.75) is 0 Å². The van der Waals surface area contributed by atoms with Crippen molar-refractivity contribution in [3.63, 3.8) is 0 Å². The summed E-state index contributed by atoms with van der Waals surface area (Å²) in [4.78, 5) is 3.88. The van der Waals surface area contributed by atoms with E-state index in [0.717, 1.165) is 5.56 Å². The number of hydrogen-bond acceptors (Lipinski definition) is 3. The fourth-order valence-electron chi connectivity index (χ4n) is 0.626. The molecule has 52 valence electrons. The van der Waals surface area contributed by atoms with Gasteiger partial charge in [0.1, 0.15) is 0 Å². The van der Waals surface area contributed by atoms with E-state index in [1.807, 2.05) is 0 Å². The van der Waals surface area contributed by atoms with E-state index in [4.69, 9.17) is 10.1 Å². The quantitative estimate of drug-likeness (QED) is 0.618. The van der Waals surface area contributed by atoms with Crippen LogP contribution in [0.1, 0.15) is 5.56 Å². The van der Waals surface area contributed by atoms with E-state index in [0.29, 0.717) is 5.88 Å². The first-order valence-corrected chi connectivity index (χ1v) is 2.87. The smallest absolute Gasteiger partial charge is 0.213 e. The van der Waals surface area contributed by atoms with Gasteiger partial charge in [0, 0.05) is 18.5 Å². The van der Waals surface area contributed by atoms with Crippen LogP contribution in [-0.2, 0) is 0 Å². The second kappa shape index (κ2) is 2.96. The Morgan fingerprint density at radius 1 is 1.70 bits per heavy atom. The fraction of sp³-hybridized carbons (Fsp3) is 0.143. The zero-order valence-electron chi connectivity index (χ0n) is 5.66. The highest BCUT2D eigenvalue weighted by atomic mass is 16.5. The zero-order valence-corrected chi connectivity index (χ0v) is 5.66. The zero-order chi connectivity index (χ0) is 7.40. The molecule has 1 aromatic heterocycles. The van der Waals surface area contributed by atoms with E-state index in [-0.39, 0.29) is 0 Å². The van der Waals surface area contributed by atoms with Gasteiger partial charge in [-0.05, 0) is 11.6 Å². The molecule has 0 aliphatic rings. The van der Waals surface area contributed by atoms with Gasteiger partial charge in [-0.15, -0.1) is 0 Å². The summed E-state index contributed by atoms with van der Waals surface area (Å²) in [6, 6.07) is 3.45. The standard InChI is InChI=1S/C7H8N2O/c1-10-7-4-6(5-8)2-3-9-7/h2-5,8H,1H3. The van der Waals surface area contributed by atoms with Crippen LogP contribution in [0.3, 0.4) is 0 Å². The molecule has 0 aliphatic heterocycles. The third kappa shape index (κ3) is 1.31. The van der Waals surface area contributed by atoms with Gasteiger partial charge in [0.25, 0.3) is 0 Å². The molecule has 0 spiro atoms. The largest absolute Gasteiger partial charge is 0.481 e. The first kappa shape index (κ1) is 6.74. The fourth-order valence-corrected chi connectivity index (χ4v) is 0.626. The van der Waals surface area contributed by atoms with Crippen molar-refractivity contribution in [1.29, 1.82) is 5.41 Å². The Morgan fingerprint density at radius 2 is 2.50 bits per heavy atom. The molecule has 0 radical (unpaired) electrons. The van der Waals surface area contributed by atoms with Crippen LogP contribution < -0.4 is 4.74 Å². The van der Waals surface area contributed by atoms with Gasteiger partial charge in [0.15, 0.2) is 0 Å². The van der Waals surface area contributed by atoms with E-state index in [9.17, 15) is 0 Å². The second-order valence-electron chi connectivity index (χ2n) is 1.78. The summed E-state index contributed by atoms with van der Waals surface area (Å²) in [5.74, 6) is 0.543. The summed E-state index contributed by atoms with van der Waals surface area (Å²) in [5.41, 5.74) is 0.798. The van der Waals surface area contributed by atoms with Crippen LogP contribution in [0.5, 0.6) is 5.88 Å². The SMILES string of the molecule is COc1cc(C=N)ccn1. The minimum atomic E-state index is 0.543. The predicted octanol–water partition coefficient (Wildman–Crippen LogP) is 1.09. The highest BCUT2D eigenvalue weighted by molar-refractivity contribution is 5.76. The summed E-state index contributed by atoms with van der Waals surface area (Å²) in [5, 5.41) is 6.91. The molecule has 1 N–H and O–H groups in total. The summed E-state index contributed by atoms with van der Waals surface area (Å²) < 4.78 is 4.84. The number of nitrogens with one attached hydrogen (secondary N) is 1. The summed E-state index contributed by atoms with van der Waals surface area (Å²) in [7, 11) is 1.55. The molecule has 0 bridgehead atoms. The Bertz CT molecular complexity index is 235. The van der Waals surface area contributed by atoms with Crippen LogP contribution in [0, 0.1) is 5.41 Å². The molecule has 0 amide bonds. The lowest BCUT2D eigenvalue weighted by Gasteiger charge is -1.96. The molecule has 3 nitrogen and oxygen atoms in total. The van der Waals surface area contributed by atoms with Gasteiger partial charge in [-0.2, -0.15) is 0 Å². The van der Waals surface area contributed by atoms with Crippen LogP contribution in [0.25, 0.3) is 0 Å². The number of rotatable bonds is 2. The van der Waals surface area contributed by atoms with Crippen molar-refractivity contribution >= 4 is 6.21 Å². The Labute approximate surface area is 59.2 Å². The maximum absolute atomic E-state index is 6.91. The maximum atomic E-state index is 6.91. The van der Waals surface area contributed by atoms with Gasteiger partial charge in [-0.1, -0.05) is 0 Å². The minimum absolute atomic E-state index is 0.543. The molecule has 0 saturated heterocycles. The average molecular weight is 136 g/mol. The molecule has 3 heteroatoms. The van der Waals surface area contributed by atoms with Crippen molar-refractivity contribution < 1.29 is 4.74 Å². The van der Waals surface area contributed by atoms with Crippen LogP contribution in [0.2, 0.25) is 0 Å². The highest BCUT2D eigenvalue weighted by Crippen LogP contribution is 2.05. The van der Waals surface area contributed by atoms with Crippen molar-refractivity contribution in [3.05, 3.63) is 23.9 Å². The summed E-state index contributed by atoms with van der Waals surface area (Å²) in [6.45, 7) is 0. The average Bonchev–Trinajstić information content (AvgIpc) is 2.05. The molecule has 0 atom stereocenters. The molecule has 1 rings (SSSR count). The monoisotopic (exact) mass is 136 g/mol. The summed E-state index contributed by atoms with van der Waals surface area (Å²) >= 11 is 0. The molecule has 10 heavy (non-hydrogen) atoms. The second-order valence-corrected chi connectivity index (χ2v) is 1.78. The Balaban J connectivity index is 2.98. The third-order valence-electron chi connectivity index (χ3n) is 1.13. The maximum Gasteiger partial charge on any atom is 0.213 e. The van der Waals surface area contributed by atoms with Gasteiger partial charge in [0.2, 0.25) is 5.88 Å². The number of pyridine rings is 1. The van der Waals surface area contributed by atoms with Crippen molar-refractivity contribution in [2.24, 2.45) is 0 Å². The lowest BCUT2D eigenvalue weighted by Crippen LogP contribution is -1.88. The molecule has 0 fully saturated rings. The first-order valence-electron chi connectivity index (χ1n) is 2.87. The number of aromatic nitrogens is 1. The normalized spacial score (nSPS) is 8.90. The Kier molecular flexibility index (Phi) is 1.99. The van der Waals surface area contributed by atoms with E-state index in [1.54, 1.807) is 25.4 Å². The molecule has 0 unspecified atom stereocenters. The van der Waals surface area contributed by atoms with E-state index >= 15 is 0 Å². The van der Waals surface area contributed by atoms with Crippen molar-refractivity contribution in [1.82, 2.24) is 4.98 Å². The topological polar surface area (TPSA) is 46.0 Å². The van der Waals surface area contributed by atoms with E-state index < -0.39 is 0 Å². The van der Waals surface area contributed by atoms with Crippen LogP contribution in [-0.4, -0.2) is 18.3 Å². The van der Waals surface area contributed by atoms with Crippen LogP contribution >= 0.6 is 0 Å². The first-order chi connectivity index (χ1) is 4.86. The van der Waals surface area contributed by atoms with Gasteiger partial charge in [0.05, 0.1) is 7.11 Å². The minimum Gasteiger partial charge on any atom is -0.481 e. The lowest BCUT2D eigenvalue weighted by molar-refractivity contribution is 0.398. The number of ether oxygens (including phenoxy) is 1. The van der Waals surface area contributed by atoms with Crippen molar-refractivity contribution in [2.75, 3.05) is 7.11 Å².